The summed E-state index contributed by atoms with van der Waals surface area (Å²) in [5.41, 5.74) is 2.14. The maximum atomic E-state index is 9.62. The van der Waals surface area contributed by atoms with Gasteiger partial charge < -0.3 is 25.0 Å². The van der Waals surface area contributed by atoms with Crippen LogP contribution in [-0.2, 0) is 6.54 Å². The van der Waals surface area contributed by atoms with E-state index in [1.165, 1.54) is 0 Å². The summed E-state index contributed by atoms with van der Waals surface area (Å²) in [6, 6.07) is 15.4. The molecule has 28 heavy (non-hydrogen) atoms. The summed E-state index contributed by atoms with van der Waals surface area (Å²) < 4.78 is 5.50. The number of guanidine groups is 1. The molecule has 2 N–H and O–H groups in total. The Morgan fingerprint density at radius 1 is 1.11 bits per heavy atom. The lowest BCUT2D eigenvalue weighted by Crippen LogP contribution is -2.52. The second-order valence-electron chi connectivity index (χ2n) is 6.49. The van der Waals surface area contributed by atoms with Gasteiger partial charge in [0.05, 0.1) is 19.3 Å². The van der Waals surface area contributed by atoms with E-state index in [0.717, 1.165) is 55.7 Å². The molecule has 0 unspecified atom stereocenters. The number of aliphatic imine (C=N–C) groups is 1. The number of benzene rings is 2. The van der Waals surface area contributed by atoms with Crippen molar-refractivity contribution in [2.45, 2.75) is 13.5 Å². The minimum Gasteiger partial charge on any atom is -0.508 e. The topological polar surface area (TPSA) is 60.3 Å². The fourth-order valence-corrected chi connectivity index (χ4v) is 3.30. The molecule has 0 spiro atoms. The number of nitrogens with one attached hydrogen (secondary N) is 1. The molecule has 1 heterocycles. The second-order valence-corrected chi connectivity index (χ2v) is 6.49. The molecule has 2 aromatic rings. The lowest BCUT2D eigenvalue weighted by Gasteiger charge is -2.38. The van der Waals surface area contributed by atoms with Gasteiger partial charge in [0, 0.05) is 32.7 Å². The molecule has 7 heteroatoms. The third-order valence-corrected chi connectivity index (χ3v) is 4.66. The molecule has 1 aliphatic heterocycles. The Morgan fingerprint density at radius 2 is 1.86 bits per heavy atom. The summed E-state index contributed by atoms with van der Waals surface area (Å²) in [4.78, 5) is 9.40. The number of methoxy groups -OCH3 is 1. The van der Waals surface area contributed by atoms with Crippen LogP contribution in [0.5, 0.6) is 11.5 Å². The average molecular weight is 496 g/mol. The van der Waals surface area contributed by atoms with Gasteiger partial charge in [-0.1, -0.05) is 24.3 Å². The van der Waals surface area contributed by atoms with Gasteiger partial charge in [-0.2, -0.15) is 0 Å². The molecule has 2 aromatic carbocycles. The Balaban J connectivity index is 0.00000280. The number of phenols is 1. The monoisotopic (exact) mass is 496 g/mol. The van der Waals surface area contributed by atoms with Gasteiger partial charge in [-0.25, -0.2) is 4.99 Å². The molecule has 1 fully saturated rings. The molecule has 0 saturated carbocycles. The van der Waals surface area contributed by atoms with Crippen LogP contribution in [0.1, 0.15) is 12.5 Å². The highest BCUT2D eigenvalue weighted by atomic mass is 127. The molecule has 1 aliphatic rings. The molecule has 0 aliphatic carbocycles. The first-order valence-electron chi connectivity index (χ1n) is 9.40. The third kappa shape index (κ3) is 5.67. The summed E-state index contributed by atoms with van der Waals surface area (Å²) in [7, 11) is 1.71. The van der Waals surface area contributed by atoms with Crippen LogP contribution in [-0.4, -0.2) is 55.8 Å². The zero-order chi connectivity index (χ0) is 19.1. The van der Waals surface area contributed by atoms with E-state index in [0.29, 0.717) is 6.54 Å². The highest BCUT2D eigenvalue weighted by Gasteiger charge is 2.21. The smallest absolute Gasteiger partial charge is 0.194 e. The standard InChI is InChI=1S/C21H28N4O2.HI/c1-3-22-21(23-16-17-7-6-8-18(26)15-17)25-13-11-24(12-14-25)19-9-4-5-10-20(19)27-2;/h4-10,15,26H,3,11-14,16H2,1-2H3,(H,22,23);1H. The molecular weight excluding hydrogens is 467 g/mol. The second kappa shape index (κ2) is 11.0. The maximum absolute atomic E-state index is 9.62. The van der Waals surface area contributed by atoms with Crippen molar-refractivity contribution in [2.24, 2.45) is 4.99 Å². The van der Waals surface area contributed by atoms with Crippen molar-refractivity contribution in [1.82, 2.24) is 10.2 Å². The number of phenolic OH excluding ortho intramolecular Hbond substituents is 1. The summed E-state index contributed by atoms with van der Waals surface area (Å²) in [5.74, 6) is 2.11. The normalized spacial score (nSPS) is 14.4. The number of para-hydroxylation sites is 2. The first kappa shape index (κ1) is 22.1. The molecule has 1 saturated heterocycles. The van der Waals surface area contributed by atoms with Crippen LogP contribution in [0, 0.1) is 0 Å². The Hall–Kier alpha value is -2.16. The van der Waals surface area contributed by atoms with Crippen LogP contribution >= 0.6 is 24.0 Å². The SMILES string of the molecule is CCNC(=NCc1cccc(O)c1)N1CCN(c2ccccc2OC)CC1.I. The van der Waals surface area contributed by atoms with E-state index in [1.54, 1.807) is 19.2 Å². The lowest BCUT2D eigenvalue weighted by atomic mass is 10.2. The van der Waals surface area contributed by atoms with Gasteiger partial charge in [0.2, 0.25) is 0 Å². The van der Waals surface area contributed by atoms with Gasteiger partial charge in [-0.15, -0.1) is 24.0 Å². The summed E-state index contributed by atoms with van der Waals surface area (Å²) in [5, 5.41) is 13.0. The number of ether oxygens (including phenoxy) is 1. The molecule has 0 atom stereocenters. The summed E-state index contributed by atoms with van der Waals surface area (Å²) >= 11 is 0. The van der Waals surface area contributed by atoms with Crippen molar-refractivity contribution in [3.63, 3.8) is 0 Å². The van der Waals surface area contributed by atoms with Crippen LogP contribution in [0.15, 0.2) is 53.5 Å². The Labute approximate surface area is 184 Å². The number of aromatic hydroxyl groups is 1. The highest BCUT2D eigenvalue weighted by Crippen LogP contribution is 2.28. The number of hydrogen-bond acceptors (Lipinski definition) is 4. The molecular formula is C21H29IN4O2. The van der Waals surface area contributed by atoms with Crippen LogP contribution in [0.2, 0.25) is 0 Å². The molecule has 0 radical (unpaired) electrons. The molecule has 152 valence electrons. The zero-order valence-electron chi connectivity index (χ0n) is 16.5. The first-order valence-corrected chi connectivity index (χ1v) is 9.40. The average Bonchev–Trinajstić information content (AvgIpc) is 2.71. The largest absolute Gasteiger partial charge is 0.508 e. The maximum Gasteiger partial charge on any atom is 0.194 e. The van der Waals surface area contributed by atoms with Crippen LogP contribution in [0.25, 0.3) is 0 Å². The Bertz CT molecular complexity index is 777. The molecule has 0 bridgehead atoms. The van der Waals surface area contributed by atoms with E-state index in [-0.39, 0.29) is 29.7 Å². The number of rotatable bonds is 5. The van der Waals surface area contributed by atoms with Crippen molar-refractivity contribution in [1.29, 1.82) is 0 Å². The Morgan fingerprint density at radius 3 is 2.54 bits per heavy atom. The van der Waals surface area contributed by atoms with Gasteiger partial charge in [0.25, 0.3) is 0 Å². The molecule has 0 amide bonds. The van der Waals surface area contributed by atoms with Crippen LogP contribution in [0.4, 0.5) is 5.69 Å². The number of hydrogen-bond donors (Lipinski definition) is 2. The van der Waals surface area contributed by atoms with Gasteiger partial charge in [0.15, 0.2) is 5.96 Å². The van der Waals surface area contributed by atoms with Gasteiger partial charge >= 0.3 is 0 Å². The number of anilines is 1. The zero-order valence-corrected chi connectivity index (χ0v) is 18.8. The predicted octanol–water partition coefficient (Wildman–Crippen LogP) is 3.31. The fraction of sp³-hybridized carbons (Fsp3) is 0.381. The lowest BCUT2D eigenvalue weighted by molar-refractivity contribution is 0.367. The fourth-order valence-electron chi connectivity index (χ4n) is 3.30. The summed E-state index contributed by atoms with van der Waals surface area (Å²) in [6.45, 7) is 7.06. The minimum absolute atomic E-state index is 0. The number of nitrogens with zero attached hydrogens (tertiary/aromatic N) is 3. The molecule has 6 nitrogen and oxygen atoms in total. The minimum atomic E-state index is 0. The van der Waals surface area contributed by atoms with Crippen LogP contribution in [0.3, 0.4) is 0 Å². The van der Waals surface area contributed by atoms with Crippen molar-refractivity contribution >= 4 is 35.6 Å². The van der Waals surface area contributed by atoms with E-state index < -0.39 is 0 Å². The van der Waals surface area contributed by atoms with Crippen molar-refractivity contribution in [3.8, 4) is 11.5 Å². The van der Waals surface area contributed by atoms with E-state index >= 15 is 0 Å². The van der Waals surface area contributed by atoms with Crippen LogP contribution < -0.4 is 15.0 Å². The predicted molar refractivity (Wildman–Crippen MR) is 125 cm³/mol. The Kier molecular flexibility index (Phi) is 8.69. The van der Waals surface area contributed by atoms with E-state index in [4.69, 9.17) is 9.73 Å². The van der Waals surface area contributed by atoms with Gasteiger partial charge in [-0.3, -0.25) is 0 Å². The van der Waals surface area contributed by atoms with Crippen molar-refractivity contribution in [2.75, 3.05) is 44.7 Å². The van der Waals surface area contributed by atoms with Gasteiger partial charge in [-0.05, 0) is 36.8 Å². The van der Waals surface area contributed by atoms with E-state index in [9.17, 15) is 5.11 Å². The first-order chi connectivity index (χ1) is 13.2. The van der Waals surface area contributed by atoms with Gasteiger partial charge in [0.1, 0.15) is 11.5 Å². The summed E-state index contributed by atoms with van der Waals surface area (Å²) in [6.07, 6.45) is 0. The third-order valence-electron chi connectivity index (χ3n) is 4.66. The van der Waals surface area contributed by atoms with E-state index in [1.807, 2.05) is 30.3 Å². The quantitative estimate of drug-likeness (QED) is 0.378. The molecule has 3 rings (SSSR count). The number of halogens is 1. The highest BCUT2D eigenvalue weighted by molar-refractivity contribution is 14.0. The number of piperazine rings is 1. The van der Waals surface area contributed by atoms with Crippen molar-refractivity contribution < 1.29 is 9.84 Å². The van der Waals surface area contributed by atoms with Crippen molar-refractivity contribution in [3.05, 3.63) is 54.1 Å². The van der Waals surface area contributed by atoms with E-state index in [2.05, 4.69) is 28.1 Å². The molecule has 0 aromatic heterocycles.